The van der Waals surface area contributed by atoms with E-state index in [1.165, 1.54) is 0 Å². The Kier molecular flexibility index (Phi) is 4.62. The number of anilines is 1. The molecule has 1 aliphatic rings. The number of hydrogen-bond donors (Lipinski definition) is 2. The fraction of sp³-hybridized carbons (Fsp3) is 0.667. The molecule has 1 aromatic heterocycles. The van der Waals surface area contributed by atoms with E-state index in [1.807, 2.05) is 26.0 Å². The second kappa shape index (κ2) is 6.08. The minimum absolute atomic E-state index is 0.472. The maximum Gasteiger partial charge on any atom is 0.128 e. The Labute approximate surface area is 120 Å². The van der Waals surface area contributed by atoms with Gasteiger partial charge in [0, 0.05) is 38.9 Å². The molecule has 20 heavy (non-hydrogen) atoms. The van der Waals surface area contributed by atoms with Crippen LogP contribution in [0.5, 0.6) is 0 Å². The van der Waals surface area contributed by atoms with Crippen molar-refractivity contribution in [3.8, 4) is 0 Å². The van der Waals surface area contributed by atoms with Crippen LogP contribution in [-0.2, 0) is 0 Å². The van der Waals surface area contributed by atoms with Crippen LogP contribution in [0.3, 0.4) is 0 Å². The lowest BCUT2D eigenvalue weighted by molar-refractivity contribution is 0.0344. The lowest BCUT2D eigenvalue weighted by Crippen LogP contribution is -2.50. The summed E-state index contributed by atoms with van der Waals surface area (Å²) in [6.07, 6.45) is 1.27. The first kappa shape index (κ1) is 15.2. The van der Waals surface area contributed by atoms with Crippen LogP contribution in [0.1, 0.15) is 32.4 Å². The number of β-amino-alcohol motifs (C(OH)–C–C–N with tert-alkyl or cyclic N) is 1. The lowest BCUT2D eigenvalue weighted by atomic mass is 10.1. The third kappa shape index (κ3) is 4.16. The second-order valence-corrected chi connectivity index (χ2v) is 6.20. The number of aliphatic hydroxyl groups is 2. The van der Waals surface area contributed by atoms with Crippen molar-refractivity contribution in [1.29, 1.82) is 0 Å². The van der Waals surface area contributed by atoms with E-state index in [9.17, 15) is 10.2 Å². The molecule has 0 aliphatic carbocycles. The van der Waals surface area contributed by atoms with Crippen molar-refractivity contribution in [1.82, 2.24) is 9.88 Å². The standard InChI is InChI=1S/C15H25N3O2/c1-12(19)13-4-5-14(16-10-13)18-8-6-17(7-9-18)11-15(2,3)20/h4-5,10,12,19-20H,6-9,11H2,1-3H3/t12-/m0/s1. The van der Waals surface area contributed by atoms with Crippen LogP contribution in [-0.4, -0.2) is 58.4 Å². The van der Waals surface area contributed by atoms with Crippen LogP contribution in [0, 0.1) is 0 Å². The normalized spacial score (nSPS) is 19.1. The number of hydrogen-bond acceptors (Lipinski definition) is 5. The minimum atomic E-state index is -0.640. The summed E-state index contributed by atoms with van der Waals surface area (Å²) in [6, 6.07) is 3.89. The molecule has 2 heterocycles. The number of pyridine rings is 1. The molecule has 1 saturated heterocycles. The zero-order valence-electron chi connectivity index (χ0n) is 12.6. The Balaban J connectivity index is 1.90. The van der Waals surface area contributed by atoms with Gasteiger partial charge in [-0.1, -0.05) is 6.07 Å². The van der Waals surface area contributed by atoms with Crippen LogP contribution >= 0.6 is 0 Å². The molecule has 2 rings (SSSR count). The molecule has 0 unspecified atom stereocenters. The summed E-state index contributed by atoms with van der Waals surface area (Å²) in [5, 5.41) is 19.3. The Morgan fingerprint density at radius 2 is 1.90 bits per heavy atom. The molecule has 0 saturated carbocycles. The van der Waals surface area contributed by atoms with Crippen molar-refractivity contribution >= 4 is 5.82 Å². The lowest BCUT2D eigenvalue weighted by Gasteiger charge is -2.37. The average molecular weight is 279 g/mol. The monoisotopic (exact) mass is 279 g/mol. The molecule has 1 atom stereocenters. The summed E-state index contributed by atoms with van der Waals surface area (Å²) in [6.45, 7) is 9.83. The predicted molar refractivity (Wildman–Crippen MR) is 79.8 cm³/mol. The zero-order valence-corrected chi connectivity index (χ0v) is 12.6. The molecular formula is C15H25N3O2. The van der Waals surface area contributed by atoms with Crippen LogP contribution in [0.2, 0.25) is 0 Å². The van der Waals surface area contributed by atoms with Gasteiger partial charge in [0.05, 0.1) is 11.7 Å². The highest BCUT2D eigenvalue weighted by atomic mass is 16.3. The van der Waals surface area contributed by atoms with Gasteiger partial charge in [-0.2, -0.15) is 0 Å². The van der Waals surface area contributed by atoms with Crippen LogP contribution in [0.25, 0.3) is 0 Å². The van der Waals surface area contributed by atoms with E-state index in [0.29, 0.717) is 6.54 Å². The molecular weight excluding hydrogens is 254 g/mol. The highest BCUT2D eigenvalue weighted by molar-refractivity contribution is 5.40. The molecule has 0 amide bonds. The van der Waals surface area contributed by atoms with Crippen molar-refractivity contribution in [2.24, 2.45) is 0 Å². The van der Waals surface area contributed by atoms with E-state index >= 15 is 0 Å². The molecule has 2 N–H and O–H groups in total. The van der Waals surface area contributed by atoms with Crippen molar-refractivity contribution in [3.63, 3.8) is 0 Å². The third-order valence-electron chi connectivity index (χ3n) is 3.56. The highest BCUT2D eigenvalue weighted by Gasteiger charge is 2.23. The predicted octanol–water partition coefficient (Wildman–Crippen LogP) is 1.03. The van der Waals surface area contributed by atoms with Crippen molar-refractivity contribution in [2.75, 3.05) is 37.6 Å². The van der Waals surface area contributed by atoms with Gasteiger partial charge in [0.1, 0.15) is 5.82 Å². The molecule has 1 fully saturated rings. The molecule has 1 aliphatic heterocycles. The maximum absolute atomic E-state index is 9.84. The van der Waals surface area contributed by atoms with E-state index in [4.69, 9.17) is 0 Å². The smallest absolute Gasteiger partial charge is 0.128 e. The van der Waals surface area contributed by atoms with E-state index in [2.05, 4.69) is 14.8 Å². The molecule has 0 bridgehead atoms. The van der Waals surface area contributed by atoms with E-state index in [-0.39, 0.29) is 0 Å². The quantitative estimate of drug-likeness (QED) is 0.862. The van der Waals surface area contributed by atoms with Crippen LogP contribution < -0.4 is 4.90 Å². The summed E-state index contributed by atoms with van der Waals surface area (Å²) in [4.78, 5) is 8.94. The number of aliphatic hydroxyl groups excluding tert-OH is 1. The van der Waals surface area contributed by atoms with Gasteiger partial charge in [-0.15, -0.1) is 0 Å². The summed E-state index contributed by atoms with van der Waals surface area (Å²) >= 11 is 0. The van der Waals surface area contributed by atoms with Gasteiger partial charge >= 0.3 is 0 Å². The first-order valence-electron chi connectivity index (χ1n) is 7.19. The molecule has 5 nitrogen and oxygen atoms in total. The summed E-state index contributed by atoms with van der Waals surface area (Å²) in [7, 11) is 0. The summed E-state index contributed by atoms with van der Waals surface area (Å²) in [5.74, 6) is 0.956. The largest absolute Gasteiger partial charge is 0.389 e. The average Bonchev–Trinajstić information content (AvgIpc) is 2.38. The van der Waals surface area contributed by atoms with Crippen LogP contribution in [0.15, 0.2) is 18.3 Å². The fourth-order valence-corrected chi connectivity index (χ4v) is 2.51. The Bertz CT molecular complexity index is 418. The number of piperazine rings is 1. The van der Waals surface area contributed by atoms with Gasteiger partial charge in [0.25, 0.3) is 0 Å². The molecule has 0 spiro atoms. The highest BCUT2D eigenvalue weighted by Crippen LogP contribution is 2.18. The van der Waals surface area contributed by atoms with Gasteiger partial charge in [0.15, 0.2) is 0 Å². The Morgan fingerprint density at radius 3 is 2.35 bits per heavy atom. The van der Waals surface area contributed by atoms with Gasteiger partial charge in [-0.3, -0.25) is 4.90 Å². The van der Waals surface area contributed by atoms with E-state index < -0.39 is 11.7 Å². The van der Waals surface area contributed by atoms with Crippen molar-refractivity contribution < 1.29 is 10.2 Å². The van der Waals surface area contributed by atoms with Crippen molar-refractivity contribution in [2.45, 2.75) is 32.5 Å². The van der Waals surface area contributed by atoms with Crippen LogP contribution in [0.4, 0.5) is 5.82 Å². The Hall–Kier alpha value is -1.17. The molecule has 5 heteroatoms. The second-order valence-electron chi connectivity index (χ2n) is 6.20. The van der Waals surface area contributed by atoms with Crippen molar-refractivity contribution in [3.05, 3.63) is 23.9 Å². The fourth-order valence-electron chi connectivity index (χ4n) is 2.51. The third-order valence-corrected chi connectivity index (χ3v) is 3.56. The van der Waals surface area contributed by atoms with Gasteiger partial charge in [-0.05, 0) is 32.4 Å². The summed E-state index contributed by atoms with van der Waals surface area (Å²) in [5.41, 5.74) is 0.203. The first-order chi connectivity index (χ1) is 9.35. The first-order valence-corrected chi connectivity index (χ1v) is 7.19. The SMILES string of the molecule is C[C@H](O)c1ccc(N2CCN(CC(C)(C)O)CC2)nc1. The number of aromatic nitrogens is 1. The van der Waals surface area contributed by atoms with E-state index in [0.717, 1.165) is 37.6 Å². The van der Waals surface area contributed by atoms with Gasteiger partial charge < -0.3 is 15.1 Å². The molecule has 1 aromatic rings. The van der Waals surface area contributed by atoms with Gasteiger partial charge in [0.2, 0.25) is 0 Å². The maximum atomic E-state index is 9.84. The molecule has 112 valence electrons. The molecule has 0 aromatic carbocycles. The minimum Gasteiger partial charge on any atom is -0.389 e. The summed E-state index contributed by atoms with van der Waals surface area (Å²) < 4.78 is 0. The number of rotatable bonds is 4. The van der Waals surface area contributed by atoms with E-state index in [1.54, 1.807) is 13.1 Å². The Morgan fingerprint density at radius 1 is 1.25 bits per heavy atom. The zero-order chi connectivity index (χ0) is 14.8. The molecule has 0 radical (unpaired) electrons. The number of nitrogens with zero attached hydrogens (tertiary/aromatic N) is 3. The topological polar surface area (TPSA) is 59.8 Å². The van der Waals surface area contributed by atoms with Gasteiger partial charge in [-0.25, -0.2) is 4.98 Å².